The van der Waals surface area contributed by atoms with Crippen molar-refractivity contribution in [3.63, 3.8) is 0 Å². The SMILES string of the molecule is O=c1cc(C(F)(F)F)ncn1CC1CCN(c2ncnc3c2COCC3)CC1. The molecule has 2 aromatic heterocycles. The summed E-state index contributed by atoms with van der Waals surface area (Å²) in [5.41, 5.74) is 0.238. The summed E-state index contributed by atoms with van der Waals surface area (Å²) in [5, 5.41) is 0. The summed E-state index contributed by atoms with van der Waals surface area (Å²) >= 11 is 0. The van der Waals surface area contributed by atoms with Crippen molar-refractivity contribution in [2.24, 2.45) is 5.92 Å². The van der Waals surface area contributed by atoms with Crippen molar-refractivity contribution in [1.82, 2.24) is 19.5 Å². The standard InChI is InChI=1S/C18H20F3N5O2/c19-18(20,21)15-7-16(27)26(11-24-15)8-12-1-4-25(5-2-12)17-13-9-28-6-3-14(13)22-10-23-17/h7,10-12H,1-6,8-9H2. The van der Waals surface area contributed by atoms with Gasteiger partial charge in [0.1, 0.15) is 12.1 Å². The molecule has 1 saturated heterocycles. The van der Waals surface area contributed by atoms with Crippen LogP contribution >= 0.6 is 0 Å². The second-order valence-electron chi connectivity index (χ2n) is 7.12. The van der Waals surface area contributed by atoms with Crippen LogP contribution in [0.15, 0.2) is 23.5 Å². The number of fused-ring (bicyclic) bond motifs is 1. The monoisotopic (exact) mass is 395 g/mol. The van der Waals surface area contributed by atoms with Crippen LogP contribution in [0.2, 0.25) is 0 Å². The molecule has 0 bridgehead atoms. The second kappa shape index (κ2) is 7.50. The smallest absolute Gasteiger partial charge is 0.376 e. The summed E-state index contributed by atoms with van der Waals surface area (Å²) in [6.07, 6.45) is 0.379. The lowest BCUT2D eigenvalue weighted by Gasteiger charge is -2.34. The van der Waals surface area contributed by atoms with Crippen LogP contribution in [0.5, 0.6) is 0 Å². The molecule has 4 heterocycles. The van der Waals surface area contributed by atoms with Crippen molar-refractivity contribution in [2.45, 2.75) is 38.6 Å². The van der Waals surface area contributed by atoms with E-state index in [4.69, 9.17) is 4.74 Å². The molecule has 0 N–H and O–H groups in total. The van der Waals surface area contributed by atoms with Crippen molar-refractivity contribution in [2.75, 3.05) is 24.6 Å². The average Bonchev–Trinajstić information content (AvgIpc) is 2.69. The second-order valence-corrected chi connectivity index (χ2v) is 7.12. The number of aromatic nitrogens is 4. The Morgan fingerprint density at radius 3 is 2.68 bits per heavy atom. The fraction of sp³-hybridized carbons (Fsp3) is 0.556. The number of hydrogen-bond acceptors (Lipinski definition) is 6. The van der Waals surface area contributed by atoms with Gasteiger partial charge in [-0.05, 0) is 18.8 Å². The van der Waals surface area contributed by atoms with E-state index in [2.05, 4.69) is 19.9 Å². The Morgan fingerprint density at radius 2 is 1.96 bits per heavy atom. The van der Waals surface area contributed by atoms with Crippen LogP contribution in [0.25, 0.3) is 0 Å². The van der Waals surface area contributed by atoms with E-state index >= 15 is 0 Å². The van der Waals surface area contributed by atoms with E-state index in [9.17, 15) is 18.0 Å². The van der Waals surface area contributed by atoms with Crippen LogP contribution in [-0.2, 0) is 30.5 Å². The number of hydrogen-bond donors (Lipinski definition) is 0. The highest BCUT2D eigenvalue weighted by molar-refractivity contribution is 5.49. The largest absolute Gasteiger partial charge is 0.433 e. The van der Waals surface area contributed by atoms with Gasteiger partial charge in [-0.1, -0.05) is 0 Å². The molecular formula is C18H20F3N5O2. The maximum absolute atomic E-state index is 12.6. The number of ether oxygens (including phenoxy) is 1. The molecule has 150 valence electrons. The van der Waals surface area contributed by atoms with Gasteiger partial charge >= 0.3 is 6.18 Å². The minimum atomic E-state index is -4.61. The maximum Gasteiger partial charge on any atom is 0.433 e. The number of piperidine rings is 1. The minimum Gasteiger partial charge on any atom is -0.376 e. The number of rotatable bonds is 3. The van der Waals surface area contributed by atoms with E-state index in [1.807, 2.05) is 0 Å². The first kappa shape index (κ1) is 18.9. The first-order valence-corrected chi connectivity index (χ1v) is 9.21. The van der Waals surface area contributed by atoms with Crippen molar-refractivity contribution < 1.29 is 17.9 Å². The quantitative estimate of drug-likeness (QED) is 0.792. The van der Waals surface area contributed by atoms with Crippen LogP contribution in [0, 0.1) is 5.92 Å². The van der Waals surface area contributed by atoms with E-state index in [1.54, 1.807) is 6.33 Å². The van der Waals surface area contributed by atoms with E-state index in [0.29, 0.717) is 25.8 Å². The molecule has 0 unspecified atom stereocenters. The Morgan fingerprint density at radius 1 is 1.18 bits per heavy atom. The highest BCUT2D eigenvalue weighted by atomic mass is 19.4. The topological polar surface area (TPSA) is 73.1 Å². The highest BCUT2D eigenvalue weighted by Crippen LogP contribution is 2.29. The predicted molar refractivity (Wildman–Crippen MR) is 93.8 cm³/mol. The molecule has 0 saturated carbocycles. The third-order valence-electron chi connectivity index (χ3n) is 5.28. The normalized spacial score (nSPS) is 18.2. The molecule has 0 amide bonds. The molecule has 0 aliphatic carbocycles. The summed E-state index contributed by atoms with van der Waals surface area (Å²) in [4.78, 5) is 26.3. The van der Waals surface area contributed by atoms with E-state index in [1.165, 1.54) is 4.57 Å². The van der Waals surface area contributed by atoms with Gasteiger partial charge < -0.3 is 9.64 Å². The first-order chi connectivity index (χ1) is 13.4. The number of alkyl halides is 3. The fourth-order valence-electron chi connectivity index (χ4n) is 3.74. The molecule has 1 fully saturated rings. The van der Waals surface area contributed by atoms with Crippen LogP contribution in [0.4, 0.5) is 19.0 Å². The molecule has 2 aliphatic heterocycles. The van der Waals surface area contributed by atoms with E-state index in [-0.39, 0.29) is 5.92 Å². The van der Waals surface area contributed by atoms with Gasteiger partial charge in [-0.25, -0.2) is 15.0 Å². The van der Waals surface area contributed by atoms with Gasteiger partial charge in [0.15, 0.2) is 5.69 Å². The summed E-state index contributed by atoms with van der Waals surface area (Å²) < 4.78 is 44.7. The van der Waals surface area contributed by atoms with Crippen molar-refractivity contribution in [3.8, 4) is 0 Å². The van der Waals surface area contributed by atoms with Crippen molar-refractivity contribution in [1.29, 1.82) is 0 Å². The number of halogens is 3. The van der Waals surface area contributed by atoms with Crippen molar-refractivity contribution in [3.05, 3.63) is 46.0 Å². The fourth-order valence-corrected chi connectivity index (χ4v) is 3.74. The molecule has 28 heavy (non-hydrogen) atoms. The zero-order valence-corrected chi connectivity index (χ0v) is 15.2. The Bertz CT molecular complexity index is 907. The lowest BCUT2D eigenvalue weighted by Crippen LogP contribution is -2.38. The molecule has 2 aromatic rings. The van der Waals surface area contributed by atoms with Gasteiger partial charge in [0.05, 0.1) is 25.2 Å². The van der Waals surface area contributed by atoms with Crippen molar-refractivity contribution >= 4 is 5.82 Å². The van der Waals surface area contributed by atoms with E-state index in [0.717, 1.165) is 55.8 Å². The third kappa shape index (κ3) is 3.87. The molecule has 10 heteroatoms. The molecule has 0 radical (unpaired) electrons. The molecule has 7 nitrogen and oxygen atoms in total. The summed E-state index contributed by atoms with van der Waals surface area (Å²) in [6.45, 7) is 3.07. The van der Waals surface area contributed by atoms with Crippen LogP contribution < -0.4 is 10.5 Å². The number of anilines is 1. The minimum absolute atomic E-state index is 0.196. The molecule has 0 spiro atoms. The van der Waals surface area contributed by atoms with Gasteiger partial charge in [-0.2, -0.15) is 13.2 Å². The van der Waals surface area contributed by atoms with E-state index < -0.39 is 17.4 Å². The predicted octanol–water partition coefficient (Wildman–Crippen LogP) is 2.04. The molecule has 0 atom stereocenters. The zero-order valence-electron chi connectivity index (χ0n) is 15.2. The summed E-state index contributed by atoms with van der Waals surface area (Å²) in [7, 11) is 0. The van der Waals surface area contributed by atoms with Gasteiger partial charge in [0, 0.05) is 37.7 Å². The Hall–Kier alpha value is -2.49. The lowest BCUT2D eigenvalue weighted by atomic mass is 9.96. The lowest BCUT2D eigenvalue weighted by molar-refractivity contribution is -0.141. The maximum atomic E-state index is 12.6. The summed E-state index contributed by atoms with van der Waals surface area (Å²) in [5.74, 6) is 1.10. The van der Waals surface area contributed by atoms with Crippen LogP contribution in [0.3, 0.4) is 0 Å². The molecular weight excluding hydrogens is 375 g/mol. The molecule has 2 aliphatic rings. The first-order valence-electron chi connectivity index (χ1n) is 9.21. The van der Waals surface area contributed by atoms with Gasteiger partial charge in [0.25, 0.3) is 5.56 Å². The van der Waals surface area contributed by atoms with Gasteiger partial charge in [-0.3, -0.25) is 9.36 Å². The highest BCUT2D eigenvalue weighted by Gasteiger charge is 2.33. The Balaban J connectivity index is 1.41. The molecule has 4 rings (SSSR count). The molecule has 0 aromatic carbocycles. The zero-order chi connectivity index (χ0) is 19.7. The average molecular weight is 395 g/mol. The Kier molecular flexibility index (Phi) is 5.05. The Labute approximate surface area is 159 Å². The van der Waals surface area contributed by atoms with Gasteiger partial charge in [-0.15, -0.1) is 0 Å². The van der Waals surface area contributed by atoms with Gasteiger partial charge in [0.2, 0.25) is 0 Å². The number of nitrogens with zero attached hydrogens (tertiary/aromatic N) is 5. The third-order valence-corrected chi connectivity index (χ3v) is 5.28. The van der Waals surface area contributed by atoms with Crippen LogP contribution in [0.1, 0.15) is 29.8 Å². The summed E-state index contributed by atoms with van der Waals surface area (Å²) in [6, 6.07) is 0.558. The van der Waals surface area contributed by atoms with Crippen LogP contribution in [-0.4, -0.2) is 39.2 Å².